The van der Waals surface area contributed by atoms with Crippen LogP contribution in [-0.4, -0.2) is 23.7 Å². The van der Waals surface area contributed by atoms with E-state index in [0.29, 0.717) is 17.8 Å². The number of nitro benzene ring substituents is 1. The Morgan fingerprint density at radius 3 is 2.81 bits per heavy atom. The molecular weight excluding hydrogens is 268 g/mol. The Kier molecular flexibility index (Phi) is 3.61. The van der Waals surface area contributed by atoms with Gasteiger partial charge in [0.1, 0.15) is 5.69 Å². The van der Waals surface area contributed by atoms with E-state index in [1.807, 2.05) is 19.9 Å². The van der Waals surface area contributed by atoms with E-state index in [2.05, 4.69) is 5.32 Å². The van der Waals surface area contributed by atoms with Crippen molar-refractivity contribution in [1.82, 2.24) is 0 Å². The maximum absolute atomic E-state index is 11.2. The first-order chi connectivity index (χ1) is 10.1. The van der Waals surface area contributed by atoms with Crippen molar-refractivity contribution < 1.29 is 9.66 Å². The number of hydrogen-bond donors (Lipinski definition) is 1. The smallest absolute Gasteiger partial charge is 0.292 e. The molecule has 0 aliphatic heterocycles. The molecular formula is C16H22N2O3. The summed E-state index contributed by atoms with van der Waals surface area (Å²) in [5, 5.41) is 14.6. The summed E-state index contributed by atoms with van der Waals surface area (Å²) in [6.45, 7) is 4.72. The molecule has 2 atom stereocenters. The first-order valence-corrected chi connectivity index (χ1v) is 7.70. The summed E-state index contributed by atoms with van der Waals surface area (Å²) in [7, 11) is 0. The molecule has 0 amide bonds. The minimum Gasteiger partial charge on any atom is -0.378 e. The van der Waals surface area contributed by atoms with Gasteiger partial charge < -0.3 is 10.1 Å². The minimum atomic E-state index is -0.312. The van der Waals surface area contributed by atoms with Gasteiger partial charge in [0.25, 0.3) is 5.69 Å². The normalized spacial score (nSPS) is 26.0. The van der Waals surface area contributed by atoms with Crippen molar-refractivity contribution in [3.63, 3.8) is 0 Å². The first-order valence-electron chi connectivity index (χ1n) is 7.70. The summed E-state index contributed by atoms with van der Waals surface area (Å²) in [5.41, 5.74) is 2.04. The number of nitro groups is 1. The predicted octanol–water partition coefficient (Wildman–Crippen LogP) is 3.66. The quantitative estimate of drug-likeness (QED) is 0.664. The molecule has 2 fully saturated rings. The number of anilines is 1. The summed E-state index contributed by atoms with van der Waals surface area (Å²) in [4.78, 5) is 10.9. The fourth-order valence-corrected chi connectivity index (χ4v) is 3.75. The lowest BCUT2D eigenvalue weighted by Crippen LogP contribution is -2.64. The first kappa shape index (κ1) is 14.3. The molecule has 2 aliphatic carbocycles. The predicted molar refractivity (Wildman–Crippen MR) is 81.6 cm³/mol. The molecule has 1 aromatic carbocycles. The number of aryl methyl sites for hydroxylation is 1. The van der Waals surface area contributed by atoms with Crippen molar-refractivity contribution >= 4 is 11.4 Å². The molecule has 2 saturated carbocycles. The summed E-state index contributed by atoms with van der Waals surface area (Å²) in [6.07, 6.45) is 4.82. The third-order valence-corrected chi connectivity index (χ3v) is 5.12. The highest BCUT2D eigenvalue weighted by molar-refractivity contribution is 5.63. The van der Waals surface area contributed by atoms with Crippen molar-refractivity contribution in [2.24, 2.45) is 5.41 Å². The fraction of sp³-hybridized carbons (Fsp3) is 0.625. The fourth-order valence-electron chi connectivity index (χ4n) is 3.75. The molecule has 114 valence electrons. The lowest BCUT2D eigenvalue weighted by atomic mass is 9.51. The van der Waals surface area contributed by atoms with Crippen molar-refractivity contribution in [2.45, 2.75) is 51.7 Å². The Morgan fingerprint density at radius 2 is 2.24 bits per heavy atom. The van der Waals surface area contributed by atoms with Crippen LogP contribution in [0.25, 0.3) is 0 Å². The zero-order chi connectivity index (χ0) is 15.0. The van der Waals surface area contributed by atoms with Crippen LogP contribution >= 0.6 is 0 Å². The number of benzene rings is 1. The maximum Gasteiger partial charge on any atom is 0.292 e. The molecule has 21 heavy (non-hydrogen) atoms. The number of rotatable bonds is 5. The third-order valence-electron chi connectivity index (χ3n) is 5.12. The Bertz CT molecular complexity index is 554. The minimum absolute atomic E-state index is 0.162. The second kappa shape index (κ2) is 5.30. The van der Waals surface area contributed by atoms with E-state index >= 15 is 0 Å². The van der Waals surface area contributed by atoms with Gasteiger partial charge in [0, 0.05) is 24.1 Å². The molecule has 5 heteroatoms. The number of nitrogens with zero attached hydrogens (tertiary/aromatic N) is 1. The van der Waals surface area contributed by atoms with E-state index in [1.54, 1.807) is 12.1 Å². The number of ether oxygens (including phenoxy) is 1. The van der Waals surface area contributed by atoms with Crippen LogP contribution in [-0.2, 0) is 4.74 Å². The largest absolute Gasteiger partial charge is 0.378 e. The number of nitrogens with one attached hydrogen (secondary N) is 1. The van der Waals surface area contributed by atoms with Crippen molar-refractivity contribution in [3.05, 3.63) is 33.9 Å². The highest BCUT2D eigenvalue weighted by Crippen LogP contribution is 2.58. The zero-order valence-corrected chi connectivity index (χ0v) is 12.6. The molecule has 1 N–H and O–H groups in total. The van der Waals surface area contributed by atoms with Crippen LogP contribution in [0.2, 0.25) is 0 Å². The maximum atomic E-state index is 11.2. The Morgan fingerprint density at radius 1 is 1.48 bits per heavy atom. The number of hydrogen-bond acceptors (Lipinski definition) is 4. The van der Waals surface area contributed by atoms with Crippen molar-refractivity contribution in [2.75, 3.05) is 11.9 Å². The highest BCUT2D eigenvalue weighted by atomic mass is 16.6. The molecule has 1 aromatic rings. The van der Waals surface area contributed by atoms with Gasteiger partial charge in [-0.05, 0) is 44.7 Å². The van der Waals surface area contributed by atoms with Crippen LogP contribution in [0, 0.1) is 22.5 Å². The van der Waals surface area contributed by atoms with Gasteiger partial charge in [-0.15, -0.1) is 0 Å². The molecule has 1 spiro atoms. The third kappa shape index (κ3) is 2.29. The van der Waals surface area contributed by atoms with Gasteiger partial charge in [0.15, 0.2) is 0 Å². The Balaban J connectivity index is 1.79. The monoisotopic (exact) mass is 290 g/mol. The van der Waals surface area contributed by atoms with Crippen LogP contribution in [0.3, 0.4) is 0 Å². The van der Waals surface area contributed by atoms with E-state index in [4.69, 9.17) is 4.74 Å². The summed E-state index contributed by atoms with van der Waals surface area (Å²) in [5.74, 6) is 0. The van der Waals surface area contributed by atoms with E-state index in [9.17, 15) is 10.1 Å². The molecule has 0 heterocycles. The van der Waals surface area contributed by atoms with Gasteiger partial charge in [-0.3, -0.25) is 10.1 Å². The van der Waals surface area contributed by atoms with Gasteiger partial charge in [0.2, 0.25) is 0 Å². The van der Waals surface area contributed by atoms with Crippen LogP contribution in [0.1, 0.15) is 38.2 Å². The van der Waals surface area contributed by atoms with Gasteiger partial charge in [-0.25, -0.2) is 0 Å². The summed E-state index contributed by atoms with van der Waals surface area (Å²) < 4.78 is 5.83. The standard InChI is InChI=1S/C16H22N2O3/c1-3-21-15-10-14(16(15)7-4-8-16)17-12-9-11(2)5-6-13(12)18(19)20/h5-6,9,14-15,17H,3-4,7-8,10H2,1-2H3. The SMILES string of the molecule is CCOC1CC(Nc2cc(C)ccc2[N+](=O)[O-])C12CCC2. The second-order valence-corrected chi connectivity index (χ2v) is 6.24. The molecule has 3 rings (SSSR count). The van der Waals surface area contributed by atoms with Gasteiger partial charge in [-0.1, -0.05) is 12.5 Å². The van der Waals surface area contributed by atoms with Crippen LogP contribution < -0.4 is 5.32 Å². The van der Waals surface area contributed by atoms with Crippen LogP contribution in [0.4, 0.5) is 11.4 Å². The molecule has 0 aromatic heterocycles. The molecule has 2 unspecified atom stereocenters. The molecule has 2 aliphatic rings. The van der Waals surface area contributed by atoms with Crippen molar-refractivity contribution in [1.29, 1.82) is 0 Å². The van der Waals surface area contributed by atoms with E-state index in [-0.39, 0.29) is 16.0 Å². The average molecular weight is 290 g/mol. The lowest BCUT2D eigenvalue weighted by Gasteiger charge is -2.61. The van der Waals surface area contributed by atoms with Gasteiger partial charge >= 0.3 is 0 Å². The second-order valence-electron chi connectivity index (χ2n) is 6.24. The Labute approximate surface area is 124 Å². The molecule has 5 nitrogen and oxygen atoms in total. The molecule has 0 saturated heterocycles. The van der Waals surface area contributed by atoms with Gasteiger partial charge in [0.05, 0.1) is 11.0 Å². The topological polar surface area (TPSA) is 64.4 Å². The van der Waals surface area contributed by atoms with Crippen LogP contribution in [0.5, 0.6) is 0 Å². The lowest BCUT2D eigenvalue weighted by molar-refractivity contribution is -0.384. The highest BCUT2D eigenvalue weighted by Gasteiger charge is 2.59. The van der Waals surface area contributed by atoms with Crippen molar-refractivity contribution in [3.8, 4) is 0 Å². The van der Waals surface area contributed by atoms with E-state index < -0.39 is 0 Å². The summed E-state index contributed by atoms with van der Waals surface area (Å²) in [6, 6.07) is 5.54. The zero-order valence-electron chi connectivity index (χ0n) is 12.6. The van der Waals surface area contributed by atoms with E-state index in [1.165, 1.54) is 6.42 Å². The summed E-state index contributed by atoms with van der Waals surface area (Å²) >= 11 is 0. The molecule has 0 bridgehead atoms. The van der Waals surface area contributed by atoms with Crippen LogP contribution in [0.15, 0.2) is 18.2 Å². The average Bonchev–Trinajstić information content (AvgIpc) is 2.35. The molecule has 0 radical (unpaired) electrons. The van der Waals surface area contributed by atoms with E-state index in [0.717, 1.165) is 31.4 Å². The Hall–Kier alpha value is -1.62. The van der Waals surface area contributed by atoms with Gasteiger partial charge in [-0.2, -0.15) is 0 Å².